The topological polar surface area (TPSA) is 41.5 Å². The van der Waals surface area contributed by atoms with E-state index in [4.69, 9.17) is 9.94 Å². The van der Waals surface area contributed by atoms with Crippen molar-refractivity contribution in [2.24, 2.45) is 0 Å². The van der Waals surface area contributed by atoms with Crippen LogP contribution in [0.3, 0.4) is 0 Å². The summed E-state index contributed by atoms with van der Waals surface area (Å²) >= 11 is 0. The first-order chi connectivity index (χ1) is 7.88. The van der Waals surface area contributed by atoms with Gasteiger partial charge in [0.25, 0.3) is 0 Å². The molecule has 2 N–H and O–H groups in total. The molecule has 0 unspecified atom stereocenters. The van der Waals surface area contributed by atoms with Crippen molar-refractivity contribution in [3.8, 4) is 5.75 Å². The minimum absolute atomic E-state index is 0.548. The fourth-order valence-corrected chi connectivity index (χ4v) is 1.37. The third-order valence-corrected chi connectivity index (χ3v) is 2.23. The summed E-state index contributed by atoms with van der Waals surface area (Å²) in [4.78, 5) is 0. The largest absolute Gasteiger partial charge is 0.489 e. The van der Waals surface area contributed by atoms with Gasteiger partial charge in [-0.25, -0.2) is 0 Å². The third kappa shape index (κ3) is 2.74. The minimum atomic E-state index is 0.548. The standard InChI is InChI=1S/C13H13NO2/c15-14-12-6-8-13(9-7-12)16-10-11-4-2-1-3-5-11/h1-9,14-15H,10H2. The number of benzene rings is 2. The maximum absolute atomic E-state index is 8.65. The summed E-state index contributed by atoms with van der Waals surface area (Å²) in [6, 6.07) is 17.1. The van der Waals surface area contributed by atoms with E-state index in [-0.39, 0.29) is 0 Å². The molecule has 2 aromatic rings. The first kappa shape index (κ1) is 10.5. The zero-order chi connectivity index (χ0) is 11.2. The fourth-order valence-electron chi connectivity index (χ4n) is 1.37. The maximum Gasteiger partial charge on any atom is 0.119 e. The lowest BCUT2D eigenvalue weighted by Crippen LogP contribution is -1.95. The predicted molar refractivity (Wildman–Crippen MR) is 62.6 cm³/mol. The van der Waals surface area contributed by atoms with Gasteiger partial charge in [-0.1, -0.05) is 30.3 Å². The highest BCUT2D eigenvalue weighted by molar-refractivity contribution is 5.44. The van der Waals surface area contributed by atoms with Crippen molar-refractivity contribution in [2.75, 3.05) is 5.48 Å². The highest BCUT2D eigenvalue weighted by Crippen LogP contribution is 2.16. The van der Waals surface area contributed by atoms with Crippen LogP contribution in [0.2, 0.25) is 0 Å². The van der Waals surface area contributed by atoms with Crippen LogP contribution in [0, 0.1) is 0 Å². The van der Waals surface area contributed by atoms with E-state index in [1.807, 2.05) is 42.5 Å². The normalized spacial score (nSPS) is 9.81. The number of anilines is 1. The summed E-state index contributed by atoms with van der Waals surface area (Å²) in [5, 5.41) is 8.65. The third-order valence-electron chi connectivity index (χ3n) is 2.23. The Morgan fingerprint density at radius 1 is 0.938 bits per heavy atom. The van der Waals surface area contributed by atoms with Gasteiger partial charge in [-0.05, 0) is 29.8 Å². The van der Waals surface area contributed by atoms with Gasteiger partial charge in [-0.3, -0.25) is 10.7 Å². The van der Waals surface area contributed by atoms with Gasteiger partial charge in [0.1, 0.15) is 12.4 Å². The van der Waals surface area contributed by atoms with E-state index in [0.717, 1.165) is 11.3 Å². The van der Waals surface area contributed by atoms with Crippen molar-refractivity contribution in [1.29, 1.82) is 0 Å². The van der Waals surface area contributed by atoms with E-state index in [0.29, 0.717) is 12.3 Å². The van der Waals surface area contributed by atoms with Crippen LogP contribution in [0.15, 0.2) is 54.6 Å². The summed E-state index contributed by atoms with van der Waals surface area (Å²) in [5.74, 6) is 0.780. The van der Waals surface area contributed by atoms with Gasteiger partial charge >= 0.3 is 0 Å². The first-order valence-corrected chi connectivity index (χ1v) is 5.05. The first-order valence-electron chi connectivity index (χ1n) is 5.05. The molecule has 82 valence electrons. The molecule has 0 saturated carbocycles. The molecular formula is C13H13NO2. The van der Waals surface area contributed by atoms with Gasteiger partial charge in [0.2, 0.25) is 0 Å². The van der Waals surface area contributed by atoms with Crippen LogP contribution in [-0.4, -0.2) is 5.21 Å². The molecule has 0 aliphatic rings. The van der Waals surface area contributed by atoms with E-state index in [2.05, 4.69) is 5.48 Å². The van der Waals surface area contributed by atoms with Gasteiger partial charge in [-0.15, -0.1) is 0 Å². The van der Waals surface area contributed by atoms with Crippen LogP contribution < -0.4 is 10.2 Å². The summed E-state index contributed by atoms with van der Waals surface area (Å²) < 4.78 is 5.58. The molecule has 0 aromatic heterocycles. The predicted octanol–water partition coefficient (Wildman–Crippen LogP) is 3.07. The lowest BCUT2D eigenvalue weighted by molar-refractivity contribution is 0.306. The number of rotatable bonds is 4. The molecule has 0 heterocycles. The van der Waals surface area contributed by atoms with Crippen molar-refractivity contribution < 1.29 is 9.94 Å². The second-order valence-corrected chi connectivity index (χ2v) is 3.41. The number of nitrogens with one attached hydrogen (secondary N) is 1. The van der Waals surface area contributed by atoms with Crippen molar-refractivity contribution >= 4 is 5.69 Å². The van der Waals surface area contributed by atoms with Gasteiger partial charge in [0.15, 0.2) is 0 Å². The van der Waals surface area contributed by atoms with Gasteiger partial charge < -0.3 is 4.74 Å². The molecule has 0 bridgehead atoms. The average Bonchev–Trinajstić information content (AvgIpc) is 2.38. The molecule has 0 spiro atoms. The van der Waals surface area contributed by atoms with Crippen molar-refractivity contribution in [3.63, 3.8) is 0 Å². The SMILES string of the molecule is ONc1ccc(OCc2ccccc2)cc1. The molecule has 2 aromatic carbocycles. The summed E-state index contributed by atoms with van der Waals surface area (Å²) in [6.07, 6.45) is 0. The Morgan fingerprint density at radius 3 is 2.25 bits per heavy atom. The van der Waals surface area contributed by atoms with Crippen LogP contribution in [0.25, 0.3) is 0 Å². The lowest BCUT2D eigenvalue weighted by Gasteiger charge is -2.06. The number of hydrogen-bond donors (Lipinski definition) is 2. The molecule has 3 heteroatoms. The zero-order valence-corrected chi connectivity index (χ0v) is 8.76. The highest BCUT2D eigenvalue weighted by Gasteiger charge is 1.95. The molecule has 0 aliphatic carbocycles. The highest BCUT2D eigenvalue weighted by atomic mass is 16.5. The molecule has 0 saturated heterocycles. The minimum Gasteiger partial charge on any atom is -0.489 e. The van der Waals surface area contributed by atoms with E-state index in [9.17, 15) is 0 Å². The second-order valence-electron chi connectivity index (χ2n) is 3.41. The Hall–Kier alpha value is -2.00. The van der Waals surface area contributed by atoms with E-state index in [1.165, 1.54) is 0 Å². The average molecular weight is 215 g/mol. The Bertz CT molecular complexity index is 425. The van der Waals surface area contributed by atoms with E-state index >= 15 is 0 Å². The van der Waals surface area contributed by atoms with E-state index in [1.54, 1.807) is 12.1 Å². The summed E-state index contributed by atoms with van der Waals surface area (Å²) in [5.41, 5.74) is 3.85. The van der Waals surface area contributed by atoms with Crippen LogP contribution >= 0.6 is 0 Å². The molecule has 0 amide bonds. The van der Waals surface area contributed by atoms with Crippen molar-refractivity contribution in [3.05, 3.63) is 60.2 Å². The van der Waals surface area contributed by atoms with Gasteiger partial charge in [0.05, 0.1) is 5.69 Å². The summed E-state index contributed by atoms with van der Waals surface area (Å²) in [7, 11) is 0. The molecular weight excluding hydrogens is 202 g/mol. The Kier molecular flexibility index (Phi) is 3.41. The van der Waals surface area contributed by atoms with E-state index < -0.39 is 0 Å². The number of ether oxygens (including phenoxy) is 1. The molecule has 0 aliphatic heterocycles. The maximum atomic E-state index is 8.65. The monoisotopic (exact) mass is 215 g/mol. The molecule has 0 fully saturated rings. The van der Waals surface area contributed by atoms with Crippen LogP contribution in [0.5, 0.6) is 5.75 Å². The van der Waals surface area contributed by atoms with Gasteiger partial charge in [0, 0.05) is 0 Å². The molecule has 0 atom stereocenters. The summed E-state index contributed by atoms with van der Waals surface area (Å²) in [6.45, 7) is 0.548. The lowest BCUT2D eigenvalue weighted by atomic mass is 10.2. The van der Waals surface area contributed by atoms with Crippen molar-refractivity contribution in [2.45, 2.75) is 6.61 Å². The molecule has 2 rings (SSSR count). The Morgan fingerprint density at radius 2 is 1.62 bits per heavy atom. The zero-order valence-electron chi connectivity index (χ0n) is 8.76. The quantitative estimate of drug-likeness (QED) is 0.770. The van der Waals surface area contributed by atoms with Crippen LogP contribution in [0.4, 0.5) is 5.69 Å². The number of hydrogen-bond acceptors (Lipinski definition) is 3. The molecule has 16 heavy (non-hydrogen) atoms. The fraction of sp³-hybridized carbons (Fsp3) is 0.0769. The second kappa shape index (κ2) is 5.19. The van der Waals surface area contributed by atoms with Crippen molar-refractivity contribution in [1.82, 2.24) is 0 Å². The smallest absolute Gasteiger partial charge is 0.119 e. The Balaban J connectivity index is 1.94. The van der Waals surface area contributed by atoms with Crippen LogP contribution in [0.1, 0.15) is 5.56 Å². The molecule has 0 radical (unpaired) electrons. The van der Waals surface area contributed by atoms with Gasteiger partial charge in [-0.2, -0.15) is 0 Å². The molecule has 3 nitrogen and oxygen atoms in total. The Labute approximate surface area is 94.3 Å². The van der Waals surface area contributed by atoms with Crippen LogP contribution in [-0.2, 0) is 6.61 Å².